The van der Waals surface area contributed by atoms with Gasteiger partial charge in [0.05, 0.1) is 12.1 Å². The van der Waals surface area contributed by atoms with Crippen molar-refractivity contribution in [3.63, 3.8) is 0 Å². The Kier molecular flexibility index (Phi) is 5.41. The number of hydrogen-bond donors (Lipinski definition) is 1. The fourth-order valence-electron chi connectivity index (χ4n) is 2.92. The van der Waals surface area contributed by atoms with E-state index in [4.69, 9.17) is 16.3 Å². The first kappa shape index (κ1) is 17.5. The molecule has 0 bridgehead atoms. The van der Waals surface area contributed by atoms with E-state index in [-0.39, 0.29) is 5.91 Å². The number of nitrogens with one attached hydrogen (secondary N) is 1. The van der Waals surface area contributed by atoms with Crippen molar-refractivity contribution in [2.45, 2.75) is 13.0 Å². The molecule has 0 saturated carbocycles. The number of likely N-dealkylation sites (N-methyl/N-ethyl adjacent to an activating group) is 1. The van der Waals surface area contributed by atoms with Crippen molar-refractivity contribution in [2.24, 2.45) is 0 Å². The van der Waals surface area contributed by atoms with Gasteiger partial charge in [-0.1, -0.05) is 23.7 Å². The van der Waals surface area contributed by atoms with Gasteiger partial charge >= 0.3 is 0 Å². The highest BCUT2D eigenvalue weighted by Gasteiger charge is 2.13. The fourth-order valence-corrected chi connectivity index (χ4v) is 3.18. The molecule has 2 aromatic rings. The van der Waals surface area contributed by atoms with Crippen molar-refractivity contribution in [3.8, 4) is 5.75 Å². The molecule has 1 N–H and O–H groups in total. The van der Waals surface area contributed by atoms with Gasteiger partial charge in [0, 0.05) is 24.9 Å². The van der Waals surface area contributed by atoms with Crippen LogP contribution < -0.4 is 10.1 Å². The minimum atomic E-state index is -0.170. The molecule has 0 atom stereocenters. The number of hydrogen-bond acceptors (Lipinski definition) is 3. The molecule has 1 heterocycles. The van der Waals surface area contributed by atoms with E-state index in [1.165, 1.54) is 17.2 Å². The summed E-state index contributed by atoms with van der Waals surface area (Å²) in [5.74, 6) is 0.443. The normalized spacial score (nSPS) is 14.4. The topological polar surface area (TPSA) is 41.6 Å². The quantitative estimate of drug-likeness (QED) is 0.842. The van der Waals surface area contributed by atoms with Crippen LogP contribution in [0.4, 0.5) is 5.69 Å². The second-order valence-corrected chi connectivity index (χ2v) is 6.60. The van der Waals surface area contributed by atoms with Crippen LogP contribution in [-0.2, 0) is 17.8 Å². The highest BCUT2D eigenvalue weighted by Crippen LogP contribution is 2.25. The van der Waals surface area contributed by atoms with Gasteiger partial charge in [0.15, 0.2) is 0 Å². The van der Waals surface area contributed by atoms with Gasteiger partial charge in [0.2, 0.25) is 5.91 Å². The summed E-state index contributed by atoms with van der Waals surface area (Å²) in [7, 11) is 3.68. The van der Waals surface area contributed by atoms with Crippen molar-refractivity contribution < 1.29 is 9.53 Å². The van der Waals surface area contributed by atoms with Crippen LogP contribution in [0.2, 0.25) is 5.02 Å². The highest BCUT2D eigenvalue weighted by atomic mass is 35.5. The molecule has 0 radical (unpaired) electrons. The lowest BCUT2D eigenvalue weighted by Gasteiger charge is -2.25. The van der Waals surface area contributed by atoms with Crippen LogP contribution in [0.15, 0.2) is 42.5 Å². The zero-order valence-electron chi connectivity index (χ0n) is 14.4. The van der Waals surface area contributed by atoms with Crippen LogP contribution in [0.3, 0.4) is 0 Å². The molecular formula is C20H21ClN2O2. The number of ether oxygens (including phenoxy) is 1. The second-order valence-electron chi connectivity index (χ2n) is 6.19. The van der Waals surface area contributed by atoms with Crippen molar-refractivity contribution >= 4 is 29.3 Å². The number of amides is 1. The fraction of sp³-hybridized carbons (Fsp3) is 0.250. The number of fused-ring (bicyclic) bond motifs is 1. The molecule has 1 aliphatic heterocycles. The smallest absolute Gasteiger partial charge is 0.248 e. The van der Waals surface area contributed by atoms with E-state index in [1.54, 1.807) is 25.3 Å². The number of halogens is 1. The number of methoxy groups -OCH3 is 1. The predicted octanol–water partition coefficient (Wildman–Crippen LogP) is 3.99. The molecule has 4 nitrogen and oxygen atoms in total. The van der Waals surface area contributed by atoms with E-state index in [2.05, 4.69) is 29.4 Å². The van der Waals surface area contributed by atoms with Crippen molar-refractivity contribution in [1.29, 1.82) is 0 Å². The van der Waals surface area contributed by atoms with Crippen LogP contribution in [0.1, 0.15) is 16.7 Å². The lowest BCUT2D eigenvalue weighted by Crippen LogP contribution is -2.26. The number of rotatable bonds is 4. The molecule has 25 heavy (non-hydrogen) atoms. The number of carbonyl (C=O) groups is 1. The molecule has 0 spiro atoms. The van der Waals surface area contributed by atoms with Gasteiger partial charge in [0.1, 0.15) is 5.75 Å². The SMILES string of the molecule is COc1ccc(/C=C/C(=O)Nc2ccc3c(c2)CN(C)CC3)cc1Cl. The van der Waals surface area contributed by atoms with Crippen LogP contribution >= 0.6 is 11.6 Å². The Balaban J connectivity index is 1.66. The minimum Gasteiger partial charge on any atom is -0.495 e. The van der Waals surface area contributed by atoms with Gasteiger partial charge in [-0.2, -0.15) is 0 Å². The third-order valence-electron chi connectivity index (χ3n) is 4.28. The van der Waals surface area contributed by atoms with Crippen LogP contribution in [0.25, 0.3) is 6.08 Å². The van der Waals surface area contributed by atoms with E-state index < -0.39 is 0 Å². The van der Waals surface area contributed by atoms with Crippen molar-refractivity contribution in [1.82, 2.24) is 4.90 Å². The van der Waals surface area contributed by atoms with Gasteiger partial charge in [-0.25, -0.2) is 0 Å². The third kappa shape index (κ3) is 4.41. The molecule has 0 aliphatic carbocycles. The standard InChI is InChI=1S/C20H21ClN2O2/c1-23-10-9-15-5-6-17(12-16(15)13-23)22-20(24)8-4-14-3-7-19(25-2)18(21)11-14/h3-8,11-12H,9-10,13H2,1-2H3,(H,22,24)/b8-4+. The molecule has 1 amide bonds. The van der Waals surface area contributed by atoms with Gasteiger partial charge in [-0.3, -0.25) is 4.79 Å². The third-order valence-corrected chi connectivity index (χ3v) is 4.58. The maximum atomic E-state index is 12.2. The zero-order chi connectivity index (χ0) is 17.8. The van der Waals surface area contributed by atoms with Crippen molar-refractivity contribution in [2.75, 3.05) is 26.0 Å². The maximum Gasteiger partial charge on any atom is 0.248 e. The van der Waals surface area contributed by atoms with Crippen LogP contribution in [-0.4, -0.2) is 31.5 Å². The number of nitrogens with zero attached hydrogens (tertiary/aromatic N) is 1. The van der Waals surface area contributed by atoms with Gasteiger partial charge in [0.25, 0.3) is 0 Å². The summed E-state index contributed by atoms with van der Waals surface area (Å²) in [5.41, 5.74) is 4.29. The lowest BCUT2D eigenvalue weighted by molar-refractivity contribution is -0.111. The molecule has 3 rings (SSSR count). The maximum absolute atomic E-state index is 12.2. The number of anilines is 1. The highest BCUT2D eigenvalue weighted by molar-refractivity contribution is 6.32. The predicted molar refractivity (Wildman–Crippen MR) is 102 cm³/mol. The average Bonchev–Trinajstić information content (AvgIpc) is 2.59. The summed E-state index contributed by atoms with van der Waals surface area (Å²) in [6, 6.07) is 11.5. The second kappa shape index (κ2) is 7.72. The number of carbonyl (C=O) groups excluding carboxylic acids is 1. The number of benzene rings is 2. The summed E-state index contributed by atoms with van der Waals surface area (Å²) >= 11 is 6.09. The van der Waals surface area contributed by atoms with Crippen LogP contribution in [0, 0.1) is 0 Å². The molecule has 0 aromatic heterocycles. The summed E-state index contributed by atoms with van der Waals surface area (Å²) in [6.45, 7) is 1.99. The average molecular weight is 357 g/mol. The summed E-state index contributed by atoms with van der Waals surface area (Å²) in [6.07, 6.45) is 4.29. The molecule has 130 valence electrons. The lowest BCUT2D eigenvalue weighted by atomic mass is 9.99. The molecule has 1 aliphatic rings. The Bertz CT molecular complexity index is 817. The first-order valence-electron chi connectivity index (χ1n) is 8.18. The van der Waals surface area contributed by atoms with E-state index in [9.17, 15) is 4.79 Å². The van der Waals surface area contributed by atoms with Crippen molar-refractivity contribution in [3.05, 3.63) is 64.2 Å². The first-order chi connectivity index (χ1) is 12.0. The Morgan fingerprint density at radius 1 is 1.24 bits per heavy atom. The monoisotopic (exact) mass is 356 g/mol. The Labute approximate surface area is 153 Å². The van der Waals surface area contributed by atoms with Crippen LogP contribution in [0.5, 0.6) is 5.75 Å². The Morgan fingerprint density at radius 3 is 2.84 bits per heavy atom. The van der Waals surface area contributed by atoms with E-state index in [0.717, 1.165) is 30.8 Å². The Morgan fingerprint density at radius 2 is 2.08 bits per heavy atom. The minimum absolute atomic E-state index is 0.170. The van der Waals surface area contributed by atoms with Gasteiger partial charge < -0.3 is 15.0 Å². The molecular weight excluding hydrogens is 336 g/mol. The zero-order valence-corrected chi connectivity index (χ0v) is 15.1. The largest absolute Gasteiger partial charge is 0.495 e. The van der Waals surface area contributed by atoms with E-state index in [1.807, 2.05) is 12.1 Å². The van der Waals surface area contributed by atoms with Gasteiger partial charge in [-0.15, -0.1) is 0 Å². The molecule has 2 aromatic carbocycles. The first-order valence-corrected chi connectivity index (χ1v) is 8.56. The molecule has 0 unspecified atom stereocenters. The molecule has 5 heteroatoms. The van der Waals surface area contributed by atoms with E-state index >= 15 is 0 Å². The van der Waals surface area contributed by atoms with E-state index in [0.29, 0.717) is 10.8 Å². The molecule has 0 saturated heterocycles. The summed E-state index contributed by atoms with van der Waals surface area (Å²) < 4.78 is 5.12. The summed E-state index contributed by atoms with van der Waals surface area (Å²) in [5, 5.41) is 3.43. The molecule has 0 fully saturated rings. The summed E-state index contributed by atoms with van der Waals surface area (Å²) in [4.78, 5) is 14.4. The van der Waals surface area contributed by atoms with Gasteiger partial charge in [-0.05, 0) is 60.5 Å². The Hall–Kier alpha value is -2.30.